The van der Waals surface area contributed by atoms with E-state index in [-0.39, 0.29) is 6.03 Å². The lowest BCUT2D eigenvalue weighted by Crippen LogP contribution is -2.48. The van der Waals surface area contributed by atoms with Gasteiger partial charge in [-0.1, -0.05) is 12.1 Å². The van der Waals surface area contributed by atoms with Gasteiger partial charge in [0.2, 0.25) is 0 Å². The molecule has 0 unspecified atom stereocenters. The number of hydrogen-bond acceptors (Lipinski definition) is 2. The molecule has 1 fully saturated rings. The van der Waals surface area contributed by atoms with Crippen LogP contribution in [0.5, 0.6) is 0 Å². The Morgan fingerprint density at radius 2 is 2.12 bits per heavy atom. The summed E-state index contributed by atoms with van der Waals surface area (Å²) >= 11 is 0. The largest absolute Gasteiger partial charge is 0.322 e. The van der Waals surface area contributed by atoms with Crippen LogP contribution in [-0.2, 0) is 0 Å². The van der Waals surface area contributed by atoms with Crippen LogP contribution in [0.2, 0.25) is 0 Å². The predicted molar refractivity (Wildman–Crippen MR) is 64.6 cm³/mol. The molecule has 0 aromatic heterocycles. The summed E-state index contributed by atoms with van der Waals surface area (Å²) in [6.45, 7) is 5.32. The molecule has 0 spiro atoms. The van der Waals surface area contributed by atoms with E-state index >= 15 is 0 Å². The number of amides is 2. The Bertz CT molecular complexity index is 372. The fraction of sp³-hybridized carbons (Fsp3) is 0.417. The maximum Gasteiger partial charge on any atom is 0.321 e. The predicted octanol–water partition coefficient (Wildman–Crippen LogP) is 1.43. The molecule has 1 aromatic carbocycles. The van der Waals surface area contributed by atoms with Gasteiger partial charge in [0.05, 0.1) is 0 Å². The second kappa shape index (κ2) is 4.99. The molecule has 1 aromatic rings. The maximum absolute atomic E-state index is 11.9. The molecule has 2 rings (SSSR count). The minimum absolute atomic E-state index is 0.00731. The van der Waals surface area contributed by atoms with Crippen LogP contribution in [0.25, 0.3) is 0 Å². The van der Waals surface area contributed by atoms with Crippen LogP contribution in [-0.4, -0.2) is 37.1 Å². The van der Waals surface area contributed by atoms with Gasteiger partial charge < -0.3 is 15.5 Å². The Labute approximate surface area is 95.6 Å². The highest BCUT2D eigenvalue weighted by Gasteiger charge is 2.15. The van der Waals surface area contributed by atoms with Crippen molar-refractivity contribution in [3.05, 3.63) is 29.8 Å². The summed E-state index contributed by atoms with van der Waals surface area (Å²) in [5.74, 6) is 0. The zero-order valence-corrected chi connectivity index (χ0v) is 9.49. The first kappa shape index (κ1) is 11.0. The lowest BCUT2D eigenvalue weighted by Gasteiger charge is -2.27. The van der Waals surface area contributed by atoms with Gasteiger partial charge >= 0.3 is 6.03 Å². The molecule has 2 amide bonds. The topological polar surface area (TPSA) is 44.4 Å². The quantitative estimate of drug-likeness (QED) is 0.750. The molecule has 0 aliphatic carbocycles. The normalized spacial score (nSPS) is 15.9. The smallest absolute Gasteiger partial charge is 0.321 e. The lowest BCUT2D eigenvalue weighted by atomic mass is 10.2. The maximum atomic E-state index is 11.9. The highest BCUT2D eigenvalue weighted by atomic mass is 16.2. The molecule has 0 radical (unpaired) electrons. The van der Waals surface area contributed by atoms with E-state index in [1.165, 1.54) is 0 Å². The van der Waals surface area contributed by atoms with E-state index in [1.54, 1.807) is 0 Å². The zero-order chi connectivity index (χ0) is 11.4. The van der Waals surface area contributed by atoms with E-state index in [4.69, 9.17) is 0 Å². The lowest BCUT2D eigenvalue weighted by molar-refractivity contribution is 0.204. The molecule has 4 nitrogen and oxygen atoms in total. The van der Waals surface area contributed by atoms with Crippen LogP contribution >= 0.6 is 0 Å². The summed E-state index contributed by atoms with van der Waals surface area (Å²) < 4.78 is 0. The van der Waals surface area contributed by atoms with Crippen molar-refractivity contribution in [1.29, 1.82) is 0 Å². The molecular formula is C12H17N3O. The van der Waals surface area contributed by atoms with Gasteiger partial charge in [-0.3, -0.25) is 0 Å². The Kier molecular flexibility index (Phi) is 3.41. The standard InChI is InChI=1S/C12H17N3O/c1-10-3-2-4-11(9-10)14-12(16)15-7-5-13-6-8-15/h2-4,9,13H,5-8H2,1H3,(H,14,16). The van der Waals surface area contributed by atoms with Gasteiger partial charge in [0.25, 0.3) is 0 Å². The average molecular weight is 219 g/mol. The number of benzene rings is 1. The number of urea groups is 1. The number of piperazine rings is 1. The van der Waals surface area contributed by atoms with E-state index in [2.05, 4.69) is 10.6 Å². The molecule has 1 saturated heterocycles. The second-order valence-corrected chi connectivity index (χ2v) is 4.04. The van der Waals surface area contributed by atoms with Gasteiger partial charge in [-0.05, 0) is 24.6 Å². The van der Waals surface area contributed by atoms with E-state index < -0.39 is 0 Å². The minimum atomic E-state index is -0.00731. The fourth-order valence-electron chi connectivity index (χ4n) is 1.79. The first-order valence-electron chi connectivity index (χ1n) is 5.59. The van der Waals surface area contributed by atoms with Gasteiger partial charge in [-0.2, -0.15) is 0 Å². The van der Waals surface area contributed by atoms with Crippen molar-refractivity contribution in [3.63, 3.8) is 0 Å². The molecular weight excluding hydrogens is 202 g/mol. The third-order valence-corrected chi connectivity index (χ3v) is 2.67. The van der Waals surface area contributed by atoms with Crippen LogP contribution in [0.3, 0.4) is 0 Å². The van der Waals surface area contributed by atoms with E-state index in [0.29, 0.717) is 0 Å². The molecule has 1 heterocycles. The minimum Gasteiger partial charge on any atom is -0.322 e. The molecule has 1 aliphatic heterocycles. The van der Waals surface area contributed by atoms with Crippen molar-refractivity contribution in [3.8, 4) is 0 Å². The van der Waals surface area contributed by atoms with E-state index in [0.717, 1.165) is 37.4 Å². The molecule has 86 valence electrons. The van der Waals surface area contributed by atoms with Crippen LogP contribution in [0.15, 0.2) is 24.3 Å². The van der Waals surface area contributed by atoms with Crippen molar-refractivity contribution in [2.75, 3.05) is 31.5 Å². The summed E-state index contributed by atoms with van der Waals surface area (Å²) in [7, 11) is 0. The fourth-order valence-corrected chi connectivity index (χ4v) is 1.79. The van der Waals surface area contributed by atoms with Gasteiger partial charge in [-0.15, -0.1) is 0 Å². The SMILES string of the molecule is Cc1cccc(NC(=O)N2CCNCC2)c1. The molecule has 0 bridgehead atoms. The zero-order valence-electron chi connectivity index (χ0n) is 9.49. The van der Waals surface area contributed by atoms with Crippen molar-refractivity contribution in [2.24, 2.45) is 0 Å². The highest BCUT2D eigenvalue weighted by molar-refractivity contribution is 5.89. The van der Waals surface area contributed by atoms with Gasteiger partial charge in [0.15, 0.2) is 0 Å². The number of rotatable bonds is 1. The number of nitrogens with one attached hydrogen (secondary N) is 2. The third kappa shape index (κ3) is 2.73. The molecule has 1 aliphatic rings. The summed E-state index contributed by atoms with van der Waals surface area (Å²) in [5, 5.41) is 6.13. The Morgan fingerprint density at radius 3 is 2.81 bits per heavy atom. The monoisotopic (exact) mass is 219 g/mol. The van der Waals surface area contributed by atoms with Gasteiger partial charge in [0.1, 0.15) is 0 Å². The van der Waals surface area contributed by atoms with Crippen molar-refractivity contribution in [1.82, 2.24) is 10.2 Å². The van der Waals surface area contributed by atoms with Crippen molar-refractivity contribution >= 4 is 11.7 Å². The Hall–Kier alpha value is -1.55. The molecule has 16 heavy (non-hydrogen) atoms. The van der Waals surface area contributed by atoms with E-state index in [1.807, 2.05) is 36.1 Å². The molecule has 2 N–H and O–H groups in total. The third-order valence-electron chi connectivity index (χ3n) is 2.67. The van der Waals surface area contributed by atoms with Crippen LogP contribution in [0, 0.1) is 6.92 Å². The highest BCUT2D eigenvalue weighted by Crippen LogP contribution is 2.10. The first-order valence-corrected chi connectivity index (χ1v) is 5.59. The first-order chi connectivity index (χ1) is 7.75. The number of anilines is 1. The number of carbonyl (C=O) groups is 1. The number of aryl methyl sites for hydroxylation is 1. The summed E-state index contributed by atoms with van der Waals surface area (Å²) in [4.78, 5) is 13.7. The second-order valence-electron chi connectivity index (χ2n) is 4.04. The Morgan fingerprint density at radius 1 is 1.38 bits per heavy atom. The number of carbonyl (C=O) groups excluding carboxylic acids is 1. The molecule has 0 atom stereocenters. The van der Waals surface area contributed by atoms with Crippen molar-refractivity contribution in [2.45, 2.75) is 6.92 Å². The van der Waals surface area contributed by atoms with Crippen molar-refractivity contribution < 1.29 is 4.79 Å². The van der Waals surface area contributed by atoms with E-state index in [9.17, 15) is 4.79 Å². The Balaban J connectivity index is 1.96. The average Bonchev–Trinajstić information content (AvgIpc) is 2.30. The number of nitrogens with zero attached hydrogens (tertiary/aromatic N) is 1. The van der Waals surface area contributed by atoms with Crippen LogP contribution in [0.1, 0.15) is 5.56 Å². The van der Waals surface area contributed by atoms with Crippen LogP contribution < -0.4 is 10.6 Å². The van der Waals surface area contributed by atoms with Crippen LogP contribution in [0.4, 0.5) is 10.5 Å². The summed E-state index contributed by atoms with van der Waals surface area (Å²) in [6, 6.07) is 7.84. The summed E-state index contributed by atoms with van der Waals surface area (Å²) in [6.07, 6.45) is 0. The van der Waals surface area contributed by atoms with Gasteiger partial charge in [0, 0.05) is 31.9 Å². The molecule has 4 heteroatoms. The molecule has 0 saturated carbocycles. The summed E-state index contributed by atoms with van der Waals surface area (Å²) in [5.41, 5.74) is 2.02. The van der Waals surface area contributed by atoms with Gasteiger partial charge in [-0.25, -0.2) is 4.79 Å². The number of hydrogen-bond donors (Lipinski definition) is 2.